The summed E-state index contributed by atoms with van der Waals surface area (Å²) in [7, 11) is 0. The van der Waals surface area contributed by atoms with E-state index in [1.165, 1.54) is 6.08 Å². The molecule has 2 atom stereocenters. The molecule has 0 bridgehead atoms. The van der Waals surface area contributed by atoms with E-state index < -0.39 is 12.0 Å². The van der Waals surface area contributed by atoms with E-state index in [-0.39, 0.29) is 6.42 Å². The Bertz CT molecular complexity index is 435. The van der Waals surface area contributed by atoms with Gasteiger partial charge < -0.3 is 11.1 Å². The van der Waals surface area contributed by atoms with Crippen LogP contribution in [-0.4, -0.2) is 6.17 Å². The van der Waals surface area contributed by atoms with Crippen molar-refractivity contribution in [3.8, 4) is 0 Å². The summed E-state index contributed by atoms with van der Waals surface area (Å²) >= 11 is 0. The zero-order valence-electron chi connectivity index (χ0n) is 10.3. The highest BCUT2D eigenvalue weighted by Crippen LogP contribution is 2.28. The second-order valence-corrected chi connectivity index (χ2v) is 4.82. The third kappa shape index (κ3) is 3.00. The Morgan fingerprint density at radius 2 is 2.22 bits per heavy atom. The second kappa shape index (κ2) is 5.38. The van der Waals surface area contributed by atoms with Crippen molar-refractivity contribution in [1.82, 2.24) is 5.32 Å². The maximum atomic E-state index is 13.2. The molecule has 2 aliphatic rings. The summed E-state index contributed by atoms with van der Waals surface area (Å²) in [4.78, 5) is 0. The van der Waals surface area contributed by atoms with Gasteiger partial charge in [-0.1, -0.05) is 12.7 Å². The molecule has 18 heavy (non-hydrogen) atoms. The van der Waals surface area contributed by atoms with E-state index in [4.69, 9.17) is 5.73 Å². The van der Waals surface area contributed by atoms with Gasteiger partial charge in [-0.15, -0.1) is 0 Å². The molecule has 0 saturated carbocycles. The predicted octanol–water partition coefficient (Wildman–Crippen LogP) is 3.21. The van der Waals surface area contributed by atoms with E-state index in [0.29, 0.717) is 11.6 Å². The first-order chi connectivity index (χ1) is 8.56. The number of halogens is 2. The van der Waals surface area contributed by atoms with Crippen LogP contribution in [-0.2, 0) is 0 Å². The maximum Gasteiger partial charge on any atom is 0.157 e. The van der Waals surface area contributed by atoms with Crippen LogP contribution in [0.15, 0.2) is 47.7 Å². The van der Waals surface area contributed by atoms with E-state index in [0.717, 1.165) is 30.7 Å². The lowest BCUT2D eigenvalue weighted by molar-refractivity contribution is 0.316. The fraction of sp³-hybridized carbons (Fsp3) is 0.429. The number of alkyl halides is 1. The van der Waals surface area contributed by atoms with Gasteiger partial charge >= 0.3 is 0 Å². The van der Waals surface area contributed by atoms with E-state index in [9.17, 15) is 8.78 Å². The summed E-state index contributed by atoms with van der Waals surface area (Å²) in [6.45, 7) is 3.98. The van der Waals surface area contributed by atoms with Gasteiger partial charge in [0.15, 0.2) is 6.17 Å². The summed E-state index contributed by atoms with van der Waals surface area (Å²) in [6.07, 6.45) is 5.93. The molecule has 3 N–H and O–H groups in total. The van der Waals surface area contributed by atoms with Crippen molar-refractivity contribution in [2.24, 2.45) is 11.7 Å². The van der Waals surface area contributed by atoms with Crippen molar-refractivity contribution in [2.75, 3.05) is 0 Å². The van der Waals surface area contributed by atoms with Crippen LogP contribution >= 0.6 is 0 Å². The van der Waals surface area contributed by atoms with Crippen LogP contribution < -0.4 is 11.1 Å². The first-order valence-corrected chi connectivity index (χ1v) is 6.17. The second-order valence-electron chi connectivity index (χ2n) is 4.82. The maximum absolute atomic E-state index is 13.2. The SMILES string of the molecule is C=C(NC1=CC=C(F)C(F)C1)C1CC=C(N)CC1. The van der Waals surface area contributed by atoms with Crippen LogP contribution in [0.3, 0.4) is 0 Å². The van der Waals surface area contributed by atoms with Crippen molar-refractivity contribution >= 4 is 0 Å². The third-order valence-electron chi connectivity index (χ3n) is 3.40. The average Bonchev–Trinajstić information content (AvgIpc) is 2.34. The van der Waals surface area contributed by atoms with Gasteiger partial charge in [0.1, 0.15) is 5.83 Å². The molecule has 0 heterocycles. The lowest BCUT2D eigenvalue weighted by Gasteiger charge is -2.25. The highest BCUT2D eigenvalue weighted by Gasteiger charge is 2.21. The fourth-order valence-electron chi connectivity index (χ4n) is 2.22. The molecule has 2 unspecified atom stereocenters. The molecule has 4 heteroatoms. The Kier molecular flexibility index (Phi) is 3.84. The standard InChI is InChI=1S/C14H18F2N2/c1-9(10-2-4-11(17)5-3-10)18-12-6-7-13(15)14(16)8-12/h4,6-7,10,14,18H,1-3,5,8,17H2. The molecule has 98 valence electrons. The number of hydrogen-bond acceptors (Lipinski definition) is 2. The molecule has 0 radical (unpaired) electrons. The molecular weight excluding hydrogens is 234 g/mol. The van der Waals surface area contributed by atoms with Gasteiger partial charge in [0, 0.05) is 29.4 Å². The average molecular weight is 252 g/mol. The van der Waals surface area contributed by atoms with E-state index in [1.54, 1.807) is 6.08 Å². The topological polar surface area (TPSA) is 38.0 Å². The van der Waals surface area contributed by atoms with Crippen LogP contribution in [0.25, 0.3) is 0 Å². The van der Waals surface area contributed by atoms with E-state index >= 15 is 0 Å². The lowest BCUT2D eigenvalue weighted by Crippen LogP contribution is -2.24. The minimum atomic E-state index is -1.54. The molecule has 0 aromatic rings. The molecule has 2 aliphatic carbocycles. The molecule has 0 aromatic carbocycles. The van der Waals surface area contributed by atoms with Crippen LogP contribution in [0.2, 0.25) is 0 Å². The quantitative estimate of drug-likeness (QED) is 0.809. The largest absolute Gasteiger partial charge is 0.402 e. The van der Waals surface area contributed by atoms with Crippen LogP contribution in [0.4, 0.5) is 8.78 Å². The molecule has 2 nitrogen and oxygen atoms in total. The van der Waals surface area contributed by atoms with Gasteiger partial charge in [0.25, 0.3) is 0 Å². The normalized spacial score (nSPS) is 28.0. The Hall–Kier alpha value is -1.58. The molecule has 2 rings (SSSR count). The number of hydrogen-bond donors (Lipinski definition) is 2. The van der Waals surface area contributed by atoms with Gasteiger partial charge in [-0.25, -0.2) is 8.78 Å². The van der Waals surface area contributed by atoms with E-state index in [2.05, 4.69) is 11.9 Å². The number of nitrogens with two attached hydrogens (primary N) is 1. The van der Waals surface area contributed by atoms with Crippen LogP contribution in [0.1, 0.15) is 25.7 Å². The fourth-order valence-corrected chi connectivity index (χ4v) is 2.22. The number of nitrogens with one attached hydrogen (secondary N) is 1. The minimum absolute atomic E-state index is 0.0477. The molecular formula is C14H18F2N2. The molecule has 0 saturated heterocycles. The molecule has 0 aromatic heterocycles. The van der Waals surface area contributed by atoms with Gasteiger partial charge in [-0.3, -0.25) is 0 Å². The summed E-state index contributed by atoms with van der Waals surface area (Å²) in [5.74, 6) is -0.397. The molecule has 0 spiro atoms. The summed E-state index contributed by atoms with van der Waals surface area (Å²) in [5, 5.41) is 3.10. The molecule has 0 fully saturated rings. The van der Waals surface area contributed by atoms with Crippen molar-refractivity contribution in [3.05, 3.63) is 47.7 Å². The molecule has 0 aliphatic heterocycles. The van der Waals surface area contributed by atoms with Crippen molar-refractivity contribution in [3.63, 3.8) is 0 Å². The molecule has 0 amide bonds. The van der Waals surface area contributed by atoms with E-state index in [1.807, 2.05) is 6.08 Å². The predicted molar refractivity (Wildman–Crippen MR) is 68.7 cm³/mol. The van der Waals surface area contributed by atoms with Gasteiger partial charge in [0.05, 0.1) is 0 Å². The summed E-state index contributed by atoms with van der Waals surface area (Å²) < 4.78 is 26.0. The van der Waals surface area contributed by atoms with Gasteiger partial charge in [0.2, 0.25) is 0 Å². The number of allylic oxidation sites excluding steroid dienone is 7. The Balaban J connectivity index is 1.93. The van der Waals surface area contributed by atoms with Crippen molar-refractivity contribution in [2.45, 2.75) is 31.9 Å². The van der Waals surface area contributed by atoms with Crippen molar-refractivity contribution in [1.29, 1.82) is 0 Å². The zero-order valence-corrected chi connectivity index (χ0v) is 10.3. The van der Waals surface area contributed by atoms with Gasteiger partial charge in [-0.05, 0) is 31.4 Å². The third-order valence-corrected chi connectivity index (χ3v) is 3.40. The Morgan fingerprint density at radius 1 is 1.44 bits per heavy atom. The van der Waals surface area contributed by atoms with Crippen LogP contribution in [0, 0.1) is 5.92 Å². The Labute approximate surface area is 106 Å². The highest BCUT2D eigenvalue weighted by atomic mass is 19.2. The van der Waals surface area contributed by atoms with Gasteiger partial charge in [-0.2, -0.15) is 0 Å². The first-order valence-electron chi connectivity index (χ1n) is 6.17. The van der Waals surface area contributed by atoms with Crippen LogP contribution in [0.5, 0.6) is 0 Å². The Morgan fingerprint density at radius 3 is 2.83 bits per heavy atom. The minimum Gasteiger partial charge on any atom is -0.402 e. The summed E-state index contributed by atoms with van der Waals surface area (Å²) in [6, 6.07) is 0. The zero-order chi connectivity index (χ0) is 13.1. The lowest BCUT2D eigenvalue weighted by atomic mass is 9.90. The monoisotopic (exact) mass is 252 g/mol. The first kappa shape index (κ1) is 12.9. The van der Waals surface area contributed by atoms with Crippen molar-refractivity contribution < 1.29 is 8.78 Å². The smallest absolute Gasteiger partial charge is 0.157 e. The summed E-state index contributed by atoms with van der Waals surface area (Å²) in [5.41, 5.74) is 8.17. The number of rotatable bonds is 3. The highest BCUT2D eigenvalue weighted by molar-refractivity contribution is 5.26.